The first-order valence-corrected chi connectivity index (χ1v) is 13.8. The molecular formula is C30H48O3. The number of fused-ring (bicyclic) bond motifs is 7. The van der Waals surface area contributed by atoms with E-state index in [2.05, 4.69) is 47.6 Å². The van der Waals surface area contributed by atoms with Gasteiger partial charge in [0.05, 0.1) is 11.5 Å². The SMILES string of the molecule is CC1(C)C2CC[C@]3(C)C(CC=C4[C@@H]5C[C@@](C)(C(=O)O)CC[C@]5(C)CCC43C)[C@@]2(C)CC[C@@H]1O. The molecule has 3 heteroatoms. The van der Waals surface area contributed by atoms with Crippen molar-refractivity contribution in [2.45, 2.75) is 119 Å². The second kappa shape index (κ2) is 6.89. The van der Waals surface area contributed by atoms with Gasteiger partial charge >= 0.3 is 5.97 Å². The summed E-state index contributed by atoms with van der Waals surface area (Å²) in [5, 5.41) is 20.9. The van der Waals surface area contributed by atoms with Crippen LogP contribution in [0.25, 0.3) is 0 Å². The van der Waals surface area contributed by atoms with Crippen molar-refractivity contribution in [1.82, 2.24) is 0 Å². The van der Waals surface area contributed by atoms with Gasteiger partial charge in [-0.15, -0.1) is 0 Å². The van der Waals surface area contributed by atoms with Gasteiger partial charge in [0.15, 0.2) is 0 Å². The molecule has 0 heterocycles. The molecule has 3 unspecified atom stereocenters. The van der Waals surface area contributed by atoms with Crippen LogP contribution >= 0.6 is 0 Å². The van der Waals surface area contributed by atoms with Gasteiger partial charge in [-0.2, -0.15) is 0 Å². The summed E-state index contributed by atoms with van der Waals surface area (Å²) in [4.78, 5) is 12.2. The summed E-state index contributed by atoms with van der Waals surface area (Å²) < 4.78 is 0. The molecule has 4 fully saturated rings. The van der Waals surface area contributed by atoms with Crippen molar-refractivity contribution in [3.63, 3.8) is 0 Å². The average molecular weight is 457 g/mol. The van der Waals surface area contributed by atoms with Gasteiger partial charge in [0.1, 0.15) is 0 Å². The standard InChI is InChI=1S/C30H48O3/c1-25(2)21-10-13-30(7)22(28(21,5)12-11-23(25)31)9-8-19-20-18-27(4,24(32)33)15-14-26(20,3)16-17-29(19,30)6/h8,20-23,31H,9-18H2,1-7H3,(H,32,33)/t20-,21?,22?,23-,26+,27-,28-,29?,30+/m0/s1. The highest BCUT2D eigenvalue weighted by Crippen LogP contribution is 2.75. The van der Waals surface area contributed by atoms with Crippen LogP contribution in [-0.2, 0) is 4.79 Å². The molecular weight excluding hydrogens is 408 g/mol. The third kappa shape index (κ3) is 2.87. The van der Waals surface area contributed by atoms with E-state index in [4.69, 9.17) is 0 Å². The molecule has 5 aliphatic rings. The Hall–Kier alpha value is -0.830. The summed E-state index contributed by atoms with van der Waals surface area (Å²) >= 11 is 0. The minimum absolute atomic E-state index is 0.0168. The lowest BCUT2D eigenvalue weighted by Crippen LogP contribution is -2.64. The molecule has 5 rings (SSSR count). The first-order chi connectivity index (χ1) is 15.1. The molecule has 0 aromatic rings. The van der Waals surface area contributed by atoms with Gasteiger partial charge in [0.2, 0.25) is 0 Å². The highest BCUT2D eigenvalue weighted by molar-refractivity contribution is 5.74. The predicted octanol–water partition coefficient (Wildman–Crippen LogP) is 7.23. The van der Waals surface area contributed by atoms with Crippen LogP contribution in [0, 0.1) is 50.2 Å². The third-order valence-corrected chi connectivity index (χ3v) is 13.3. The van der Waals surface area contributed by atoms with Crippen molar-refractivity contribution in [2.24, 2.45) is 50.2 Å². The highest BCUT2D eigenvalue weighted by Gasteiger charge is 2.68. The van der Waals surface area contributed by atoms with Crippen LogP contribution in [0.4, 0.5) is 0 Å². The van der Waals surface area contributed by atoms with Crippen molar-refractivity contribution in [2.75, 3.05) is 0 Å². The van der Waals surface area contributed by atoms with E-state index in [0.29, 0.717) is 17.8 Å². The largest absolute Gasteiger partial charge is 0.481 e. The lowest BCUT2D eigenvalue weighted by molar-refractivity contribution is -0.203. The van der Waals surface area contributed by atoms with E-state index in [1.54, 1.807) is 5.57 Å². The van der Waals surface area contributed by atoms with Crippen molar-refractivity contribution in [3.05, 3.63) is 11.6 Å². The maximum atomic E-state index is 12.2. The lowest BCUT2D eigenvalue weighted by Gasteiger charge is -2.71. The lowest BCUT2D eigenvalue weighted by atomic mass is 9.33. The monoisotopic (exact) mass is 456 g/mol. The Morgan fingerprint density at radius 2 is 1.55 bits per heavy atom. The summed E-state index contributed by atoms with van der Waals surface area (Å²) in [5.74, 6) is 1.01. The van der Waals surface area contributed by atoms with Crippen LogP contribution in [0.3, 0.4) is 0 Å². The number of carboxylic acid groups (broad SMARTS) is 1. The molecule has 0 spiro atoms. The van der Waals surface area contributed by atoms with Crippen molar-refractivity contribution >= 4 is 5.97 Å². The van der Waals surface area contributed by atoms with Gasteiger partial charge in [-0.1, -0.05) is 53.2 Å². The van der Waals surface area contributed by atoms with Crippen molar-refractivity contribution in [1.29, 1.82) is 0 Å². The van der Waals surface area contributed by atoms with Crippen LogP contribution in [0.5, 0.6) is 0 Å². The van der Waals surface area contributed by atoms with Crippen LogP contribution in [-0.4, -0.2) is 22.3 Å². The highest BCUT2D eigenvalue weighted by atomic mass is 16.4. The molecule has 33 heavy (non-hydrogen) atoms. The zero-order chi connectivity index (χ0) is 24.2. The van der Waals surface area contributed by atoms with E-state index in [-0.39, 0.29) is 33.2 Å². The molecule has 2 N–H and O–H groups in total. The van der Waals surface area contributed by atoms with E-state index in [1.807, 2.05) is 6.92 Å². The summed E-state index contributed by atoms with van der Waals surface area (Å²) in [6, 6.07) is 0. The molecule has 0 amide bonds. The van der Waals surface area contributed by atoms with Gasteiger partial charge in [-0.05, 0) is 116 Å². The summed E-state index contributed by atoms with van der Waals surface area (Å²) in [6.45, 7) is 16.8. The summed E-state index contributed by atoms with van der Waals surface area (Å²) in [6.07, 6.45) is 13.2. The van der Waals surface area contributed by atoms with E-state index in [1.165, 1.54) is 25.7 Å². The molecule has 4 saturated carbocycles. The first kappa shape index (κ1) is 23.9. The van der Waals surface area contributed by atoms with E-state index in [9.17, 15) is 15.0 Å². The molecule has 0 aromatic heterocycles. The first-order valence-electron chi connectivity index (χ1n) is 13.8. The molecule has 9 atom stereocenters. The van der Waals surface area contributed by atoms with E-state index >= 15 is 0 Å². The van der Waals surface area contributed by atoms with Crippen molar-refractivity contribution in [3.8, 4) is 0 Å². The number of hydrogen-bond donors (Lipinski definition) is 2. The number of aliphatic hydroxyl groups is 1. The molecule has 0 radical (unpaired) electrons. The minimum Gasteiger partial charge on any atom is -0.481 e. The maximum absolute atomic E-state index is 12.2. The zero-order valence-electron chi connectivity index (χ0n) is 22.3. The van der Waals surface area contributed by atoms with E-state index in [0.717, 1.165) is 38.5 Å². The van der Waals surface area contributed by atoms with Crippen molar-refractivity contribution < 1.29 is 15.0 Å². The molecule has 0 aliphatic heterocycles. The van der Waals surface area contributed by atoms with Gasteiger partial charge in [-0.3, -0.25) is 4.79 Å². The predicted molar refractivity (Wildman–Crippen MR) is 133 cm³/mol. The van der Waals surface area contributed by atoms with Crippen LogP contribution in [0.2, 0.25) is 0 Å². The number of carbonyl (C=O) groups is 1. The maximum Gasteiger partial charge on any atom is 0.309 e. The molecule has 186 valence electrons. The Morgan fingerprint density at radius 3 is 2.21 bits per heavy atom. The van der Waals surface area contributed by atoms with Crippen LogP contribution in [0.1, 0.15) is 113 Å². The quantitative estimate of drug-likeness (QED) is 0.409. The Morgan fingerprint density at radius 1 is 0.879 bits per heavy atom. The molecule has 0 aromatic carbocycles. The number of allylic oxidation sites excluding steroid dienone is 2. The van der Waals surface area contributed by atoms with E-state index < -0.39 is 11.4 Å². The Bertz CT molecular complexity index is 889. The third-order valence-electron chi connectivity index (χ3n) is 13.3. The average Bonchev–Trinajstić information content (AvgIpc) is 2.73. The minimum atomic E-state index is -0.603. The Labute approximate surface area is 201 Å². The normalized spacial score (nSPS) is 55.3. The molecule has 3 nitrogen and oxygen atoms in total. The molecule has 0 saturated heterocycles. The Balaban J connectivity index is 1.57. The number of carboxylic acids is 1. The Kier molecular flexibility index (Phi) is 4.99. The van der Waals surface area contributed by atoms with Gasteiger partial charge in [0, 0.05) is 0 Å². The molecule has 5 aliphatic carbocycles. The number of aliphatic carboxylic acids is 1. The number of aliphatic hydroxyl groups excluding tert-OH is 1. The van der Waals surface area contributed by atoms with Crippen LogP contribution in [0.15, 0.2) is 11.6 Å². The number of rotatable bonds is 1. The fourth-order valence-electron chi connectivity index (χ4n) is 10.5. The van der Waals surface area contributed by atoms with Crippen LogP contribution < -0.4 is 0 Å². The fraction of sp³-hybridized carbons (Fsp3) is 0.900. The van der Waals surface area contributed by atoms with Gasteiger partial charge < -0.3 is 10.2 Å². The summed E-state index contributed by atoms with van der Waals surface area (Å²) in [5.41, 5.74) is 1.94. The smallest absolute Gasteiger partial charge is 0.309 e. The zero-order valence-corrected chi connectivity index (χ0v) is 22.3. The second-order valence-electron chi connectivity index (χ2n) is 14.9. The van der Waals surface area contributed by atoms with Gasteiger partial charge in [0.25, 0.3) is 0 Å². The summed E-state index contributed by atoms with van der Waals surface area (Å²) in [7, 11) is 0. The second-order valence-corrected chi connectivity index (χ2v) is 14.9. The van der Waals surface area contributed by atoms with Gasteiger partial charge in [-0.25, -0.2) is 0 Å². The molecule has 0 bridgehead atoms. The topological polar surface area (TPSA) is 57.5 Å². The number of hydrogen-bond acceptors (Lipinski definition) is 2. The fourth-order valence-corrected chi connectivity index (χ4v) is 10.5.